The van der Waals surface area contributed by atoms with Gasteiger partial charge in [-0.25, -0.2) is 0 Å². The Morgan fingerprint density at radius 1 is 1.14 bits per heavy atom. The van der Waals surface area contributed by atoms with Gasteiger partial charge < -0.3 is 10.6 Å². The van der Waals surface area contributed by atoms with Crippen LogP contribution in [0.25, 0.3) is 0 Å². The van der Waals surface area contributed by atoms with E-state index in [9.17, 15) is 9.59 Å². The maximum absolute atomic E-state index is 12.5. The number of hydrogen-bond acceptors (Lipinski definition) is 3. The Morgan fingerprint density at radius 3 is 2.61 bits per heavy atom. The van der Waals surface area contributed by atoms with Crippen LogP contribution in [0.2, 0.25) is 5.02 Å². The Morgan fingerprint density at radius 2 is 1.86 bits per heavy atom. The van der Waals surface area contributed by atoms with E-state index in [1.165, 1.54) is 0 Å². The zero-order chi connectivity index (χ0) is 19.9. The summed E-state index contributed by atoms with van der Waals surface area (Å²) in [4.78, 5) is 27.1. The molecule has 2 atom stereocenters. The molecule has 1 aliphatic heterocycles. The van der Waals surface area contributed by atoms with Gasteiger partial charge in [-0.05, 0) is 50.1 Å². The molecular weight excluding hydrogens is 374 g/mol. The van der Waals surface area contributed by atoms with Gasteiger partial charge in [-0.3, -0.25) is 14.5 Å². The number of piperidine rings is 1. The van der Waals surface area contributed by atoms with Crippen molar-refractivity contribution in [1.82, 2.24) is 10.2 Å². The smallest absolute Gasteiger partial charge is 0.234 e. The number of halogens is 1. The van der Waals surface area contributed by atoms with Crippen molar-refractivity contribution in [2.45, 2.75) is 25.8 Å². The minimum absolute atomic E-state index is 0.0146. The molecule has 0 aromatic heterocycles. The fourth-order valence-corrected chi connectivity index (χ4v) is 3.87. The van der Waals surface area contributed by atoms with Crippen molar-refractivity contribution in [2.75, 3.05) is 25.0 Å². The maximum atomic E-state index is 12.5. The molecule has 6 heteroatoms. The molecule has 1 fully saturated rings. The molecule has 0 saturated carbocycles. The van der Waals surface area contributed by atoms with Gasteiger partial charge in [-0.2, -0.15) is 0 Å². The fourth-order valence-electron chi connectivity index (χ4n) is 3.57. The van der Waals surface area contributed by atoms with E-state index in [0.29, 0.717) is 11.6 Å². The number of carbonyl (C=O) groups is 2. The van der Waals surface area contributed by atoms with E-state index in [4.69, 9.17) is 11.6 Å². The summed E-state index contributed by atoms with van der Waals surface area (Å²) in [6.45, 7) is 3.62. The van der Waals surface area contributed by atoms with Crippen LogP contribution in [0.15, 0.2) is 54.6 Å². The molecule has 3 rings (SSSR count). The standard InChI is InChI=1S/C22H26ClN3O2/c1-16(19-11-5-6-12-20(19)23)24-21(27)15-26-13-7-8-17(14-26)22(28)25-18-9-3-2-4-10-18/h2-6,9-12,16-17H,7-8,13-15H2,1H3,(H,24,27)(H,25,28)/t16-,17+/m1/s1. The Balaban J connectivity index is 1.51. The zero-order valence-electron chi connectivity index (χ0n) is 16.0. The fraction of sp³-hybridized carbons (Fsp3) is 0.364. The van der Waals surface area contributed by atoms with E-state index in [0.717, 1.165) is 30.6 Å². The van der Waals surface area contributed by atoms with Crippen LogP contribution in [-0.2, 0) is 9.59 Å². The summed E-state index contributed by atoms with van der Waals surface area (Å²) in [7, 11) is 0. The number of anilines is 1. The number of rotatable bonds is 6. The molecule has 0 radical (unpaired) electrons. The summed E-state index contributed by atoms with van der Waals surface area (Å²) in [5.74, 6) is -0.153. The summed E-state index contributed by atoms with van der Waals surface area (Å²) in [6.07, 6.45) is 1.74. The topological polar surface area (TPSA) is 61.4 Å². The number of amides is 2. The van der Waals surface area contributed by atoms with Gasteiger partial charge in [0.1, 0.15) is 0 Å². The number of nitrogens with one attached hydrogen (secondary N) is 2. The molecular formula is C22H26ClN3O2. The van der Waals surface area contributed by atoms with Gasteiger partial charge in [-0.15, -0.1) is 0 Å². The van der Waals surface area contributed by atoms with E-state index in [1.807, 2.05) is 66.4 Å². The first-order valence-corrected chi connectivity index (χ1v) is 10.0. The predicted octanol–water partition coefficient (Wildman–Crippen LogP) is 3.87. The number of para-hydroxylation sites is 1. The van der Waals surface area contributed by atoms with E-state index in [1.54, 1.807) is 0 Å². The van der Waals surface area contributed by atoms with Crippen LogP contribution in [0.1, 0.15) is 31.4 Å². The second-order valence-electron chi connectivity index (χ2n) is 7.24. The van der Waals surface area contributed by atoms with Gasteiger partial charge in [0.25, 0.3) is 0 Å². The lowest BCUT2D eigenvalue weighted by Gasteiger charge is -2.31. The molecule has 148 valence electrons. The van der Waals surface area contributed by atoms with E-state index < -0.39 is 0 Å². The first kappa shape index (κ1) is 20.4. The molecule has 5 nitrogen and oxygen atoms in total. The Bertz CT molecular complexity index is 812. The Labute approximate surface area is 171 Å². The van der Waals surface area contributed by atoms with Gasteiger partial charge in [0.05, 0.1) is 18.5 Å². The highest BCUT2D eigenvalue weighted by molar-refractivity contribution is 6.31. The van der Waals surface area contributed by atoms with Gasteiger partial charge in [0.15, 0.2) is 0 Å². The lowest BCUT2D eigenvalue weighted by atomic mass is 9.97. The molecule has 2 N–H and O–H groups in total. The minimum atomic E-state index is -0.164. The predicted molar refractivity (Wildman–Crippen MR) is 112 cm³/mol. The number of hydrogen-bond donors (Lipinski definition) is 2. The first-order valence-electron chi connectivity index (χ1n) is 9.65. The van der Waals surface area contributed by atoms with Crippen molar-refractivity contribution in [2.24, 2.45) is 5.92 Å². The van der Waals surface area contributed by atoms with Gasteiger partial charge in [-0.1, -0.05) is 48.0 Å². The van der Waals surface area contributed by atoms with Crippen LogP contribution >= 0.6 is 11.6 Å². The van der Waals surface area contributed by atoms with Crippen LogP contribution in [0.5, 0.6) is 0 Å². The van der Waals surface area contributed by atoms with Crippen molar-refractivity contribution < 1.29 is 9.59 Å². The number of carbonyl (C=O) groups excluding carboxylic acids is 2. The van der Waals surface area contributed by atoms with Crippen molar-refractivity contribution >= 4 is 29.1 Å². The van der Waals surface area contributed by atoms with Crippen LogP contribution in [0.4, 0.5) is 5.69 Å². The van der Waals surface area contributed by atoms with Crippen molar-refractivity contribution in [1.29, 1.82) is 0 Å². The average Bonchev–Trinajstić information content (AvgIpc) is 2.69. The average molecular weight is 400 g/mol. The molecule has 0 aliphatic carbocycles. The van der Waals surface area contributed by atoms with E-state index in [2.05, 4.69) is 10.6 Å². The first-order chi connectivity index (χ1) is 13.5. The molecule has 1 heterocycles. The molecule has 0 spiro atoms. The van der Waals surface area contributed by atoms with Crippen LogP contribution in [-0.4, -0.2) is 36.3 Å². The van der Waals surface area contributed by atoms with Crippen LogP contribution in [0.3, 0.4) is 0 Å². The summed E-state index contributed by atoms with van der Waals surface area (Å²) in [6, 6.07) is 16.8. The monoisotopic (exact) mass is 399 g/mol. The largest absolute Gasteiger partial charge is 0.348 e. The lowest BCUT2D eigenvalue weighted by Crippen LogP contribution is -2.45. The van der Waals surface area contributed by atoms with Crippen molar-refractivity contribution in [3.05, 3.63) is 65.2 Å². The summed E-state index contributed by atoms with van der Waals surface area (Å²) in [5.41, 5.74) is 1.70. The third kappa shape index (κ3) is 5.57. The molecule has 1 saturated heterocycles. The Kier molecular flexibility index (Phi) is 7.06. The highest BCUT2D eigenvalue weighted by Gasteiger charge is 2.27. The van der Waals surface area contributed by atoms with Crippen molar-refractivity contribution in [3.63, 3.8) is 0 Å². The number of likely N-dealkylation sites (tertiary alicyclic amines) is 1. The quantitative estimate of drug-likeness (QED) is 0.775. The molecule has 0 bridgehead atoms. The van der Waals surface area contributed by atoms with E-state index >= 15 is 0 Å². The molecule has 2 amide bonds. The highest BCUT2D eigenvalue weighted by atomic mass is 35.5. The van der Waals surface area contributed by atoms with E-state index in [-0.39, 0.29) is 30.3 Å². The summed E-state index contributed by atoms with van der Waals surface area (Å²) >= 11 is 6.21. The van der Waals surface area contributed by atoms with Crippen molar-refractivity contribution in [3.8, 4) is 0 Å². The molecule has 0 unspecified atom stereocenters. The zero-order valence-corrected chi connectivity index (χ0v) is 16.8. The second-order valence-corrected chi connectivity index (χ2v) is 7.65. The SMILES string of the molecule is C[C@@H](NC(=O)CN1CCC[C@H](C(=O)Nc2ccccc2)C1)c1ccccc1Cl. The van der Waals surface area contributed by atoms with Gasteiger partial charge in [0.2, 0.25) is 11.8 Å². The number of benzene rings is 2. The normalized spacial score (nSPS) is 18.3. The lowest BCUT2D eigenvalue weighted by molar-refractivity contribution is -0.126. The summed E-state index contributed by atoms with van der Waals surface area (Å²) in [5, 5.41) is 6.61. The summed E-state index contributed by atoms with van der Waals surface area (Å²) < 4.78 is 0. The van der Waals surface area contributed by atoms with Crippen LogP contribution < -0.4 is 10.6 Å². The number of nitrogens with zero attached hydrogens (tertiary/aromatic N) is 1. The molecule has 28 heavy (non-hydrogen) atoms. The van der Waals surface area contributed by atoms with Gasteiger partial charge >= 0.3 is 0 Å². The third-order valence-electron chi connectivity index (χ3n) is 5.03. The maximum Gasteiger partial charge on any atom is 0.234 e. The third-order valence-corrected chi connectivity index (χ3v) is 5.38. The second kappa shape index (κ2) is 9.71. The van der Waals surface area contributed by atoms with Crippen LogP contribution in [0, 0.1) is 5.92 Å². The molecule has 2 aromatic rings. The highest BCUT2D eigenvalue weighted by Crippen LogP contribution is 2.22. The minimum Gasteiger partial charge on any atom is -0.348 e. The Hall–Kier alpha value is -2.37. The molecule has 1 aliphatic rings. The molecule has 2 aromatic carbocycles. The van der Waals surface area contributed by atoms with Gasteiger partial charge in [0, 0.05) is 17.3 Å².